The smallest absolute Gasteiger partial charge is 0.210 e. The number of nitrogens with zero attached hydrogens (tertiary/aromatic N) is 1. The number of rotatable bonds is 6. The maximum absolute atomic E-state index is 11.6. The van der Waals surface area contributed by atoms with Crippen LogP contribution in [0.2, 0.25) is 0 Å². The molecular formula is C20H23NO5. The van der Waals surface area contributed by atoms with E-state index in [2.05, 4.69) is 0 Å². The molecule has 6 heteroatoms. The van der Waals surface area contributed by atoms with E-state index in [1.54, 1.807) is 25.2 Å². The molecule has 1 N–H and O–H groups in total. The molecule has 0 aliphatic carbocycles. The number of ether oxygens (including phenoxy) is 3. The van der Waals surface area contributed by atoms with Crippen LogP contribution in [-0.4, -0.2) is 44.3 Å². The van der Waals surface area contributed by atoms with E-state index in [0.717, 1.165) is 23.1 Å². The molecule has 0 aromatic heterocycles. The van der Waals surface area contributed by atoms with E-state index >= 15 is 0 Å². The Balaban J connectivity index is 1.99. The summed E-state index contributed by atoms with van der Waals surface area (Å²) in [6, 6.07) is 9.18. The molecule has 0 fully saturated rings. The Kier molecular flexibility index (Phi) is 5.21. The van der Waals surface area contributed by atoms with E-state index < -0.39 is 0 Å². The van der Waals surface area contributed by atoms with Gasteiger partial charge >= 0.3 is 0 Å². The Hall–Kier alpha value is -2.89. The zero-order valence-electron chi connectivity index (χ0n) is 15.2. The predicted molar refractivity (Wildman–Crippen MR) is 97.1 cm³/mol. The van der Waals surface area contributed by atoms with Gasteiger partial charge in [0.25, 0.3) is 0 Å². The maximum Gasteiger partial charge on any atom is 0.210 e. The fourth-order valence-electron chi connectivity index (χ4n) is 3.49. The van der Waals surface area contributed by atoms with Crippen LogP contribution in [0, 0.1) is 0 Å². The highest BCUT2D eigenvalue weighted by Crippen LogP contribution is 2.39. The molecule has 1 heterocycles. The molecular weight excluding hydrogens is 334 g/mol. The lowest BCUT2D eigenvalue weighted by atomic mass is 9.88. The normalized spacial score (nSPS) is 16.0. The van der Waals surface area contributed by atoms with Gasteiger partial charge in [0.05, 0.1) is 27.4 Å². The summed E-state index contributed by atoms with van der Waals surface area (Å²) in [5, 5.41) is 10.1. The summed E-state index contributed by atoms with van der Waals surface area (Å²) in [4.78, 5) is 13.4. The topological polar surface area (TPSA) is 68.2 Å². The third-order valence-corrected chi connectivity index (χ3v) is 4.85. The van der Waals surface area contributed by atoms with Crippen LogP contribution in [0.1, 0.15) is 22.7 Å². The number of carbonyl (C=O) groups excluding carboxylic acids is 1. The quantitative estimate of drug-likeness (QED) is 0.805. The predicted octanol–water partition coefficient (Wildman–Crippen LogP) is 2.72. The SMILES string of the molecule is COc1cc2c(cc1O)CCN(C=O)C2Cc1ccc(OC)c(OC)c1. The summed E-state index contributed by atoms with van der Waals surface area (Å²) in [5.41, 5.74) is 3.05. The average molecular weight is 357 g/mol. The Bertz CT molecular complexity index is 805. The molecule has 0 radical (unpaired) electrons. The highest BCUT2D eigenvalue weighted by molar-refractivity contribution is 5.55. The van der Waals surface area contributed by atoms with E-state index in [0.29, 0.717) is 36.6 Å². The van der Waals surface area contributed by atoms with Crippen LogP contribution >= 0.6 is 0 Å². The number of phenols is 1. The van der Waals surface area contributed by atoms with Crippen LogP contribution in [0.25, 0.3) is 0 Å². The van der Waals surface area contributed by atoms with E-state index in [1.807, 2.05) is 24.3 Å². The number of hydrogen-bond acceptors (Lipinski definition) is 5. The van der Waals surface area contributed by atoms with Gasteiger partial charge in [-0.3, -0.25) is 4.79 Å². The molecule has 0 bridgehead atoms. The Labute approximate surface area is 152 Å². The number of methoxy groups -OCH3 is 3. The molecule has 0 saturated heterocycles. The van der Waals surface area contributed by atoms with Gasteiger partial charge in [0.15, 0.2) is 23.0 Å². The summed E-state index contributed by atoms with van der Waals surface area (Å²) in [6.45, 7) is 0.611. The molecule has 2 aromatic carbocycles. The molecule has 1 unspecified atom stereocenters. The first-order valence-electron chi connectivity index (χ1n) is 8.43. The number of carbonyl (C=O) groups is 1. The van der Waals surface area contributed by atoms with Gasteiger partial charge < -0.3 is 24.2 Å². The van der Waals surface area contributed by atoms with Gasteiger partial charge in [-0.1, -0.05) is 6.07 Å². The molecule has 6 nitrogen and oxygen atoms in total. The zero-order valence-corrected chi connectivity index (χ0v) is 15.2. The minimum absolute atomic E-state index is 0.121. The number of phenolic OH excluding ortho intramolecular Hbond substituents is 1. The van der Waals surface area contributed by atoms with Crippen LogP contribution in [0.15, 0.2) is 30.3 Å². The maximum atomic E-state index is 11.6. The van der Waals surface area contributed by atoms with Crippen molar-refractivity contribution < 1.29 is 24.1 Å². The molecule has 1 amide bonds. The standard InChI is InChI=1S/C20H23NO5/c1-24-18-5-4-13(9-20(18)26-3)8-16-15-11-19(25-2)17(23)10-14(15)6-7-21(16)12-22/h4-5,9-12,16,23H,6-8H2,1-3H3. The summed E-state index contributed by atoms with van der Waals surface area (Å²) in [6.07, 6.45) is 2.21. The summed E-state index contributed by atoms with van der Waals surface area (Å²) >= 11 is 0. The second-order valence-electron chi connectivity index (χ2n) is 6.23. The number of hydrogen-bond donors (Lipinski definition) is 1. The molecule has 1 aliphatic rings. The molecule has 0 spiro atoms. The fraction of sp³-hybridized carbons (Fsp3) is 0.350. The molecule has 26 heavy (non-hydrogen) atoms. The Morgan fingerprint density at radius 3 is 2.46 bits per heavy atom. The van der Waals surface area contributed by atoms with Crippen molar-refractivity contribution in [3.8, 4) is 23.0 Å². The molecule has 138 valence electrons. The minimum atomic E-state index is -0.135. The Morgan fingerprint density at radius 2 is 1.81 bits per heavy atom. The second-order valence-corrected chi connectivity index (χ2v) is 6.23. The first kappa shape index (κ1) is 17.9. The van der Waals surface area contributed by atoms with Gasteiger partial charge in [-0.2, -0.15) is 0 Å². The van der Waals surface area contributed by atoms with Crippen LogP contribution in [0.3, 0.4) is 0 Å². The number of benzene rings is 2. The van der Waals surface area contributed by atoms with Gasteiger partial charge in [-0.25, -0.2) is 0 Å². The number of fused-ring (bicyclic) bond motifs is 1. The van der Waals surface area contributed by atoms with Gasteiger partial charge in [0, 0.05) is 6.54 Å². The van der Waals surface area contributed by atoms with E-state index in [9.17, 15) is 9.90 Å². The fourth-order valence-corrected chi connectivity index (χ4v) is 3.49. The molecule has 2 aromatic rings. The Morgan fingerprint density at radius 1 is 1.08 bits per heavy atom. The van der Waals surface area contributed by atoms with Crippen molar-refractivity contribution in [1.29, 1.82) is 0 Å². The van der Waals surface area contributed by atoms with Crippen LogP contribution in [0.4, 0.5) is 0 Å². The summed E-state index contributed by atoms with van der Waals surface area (Å²) in [7, 11) is 4.72. The minimum Gasteiger partial charge on any atom is -0.504 e. The van der Waals surface area contributed by atoms with Crippen LogP contribution in [-0.2, 0) is 17.6 Å². The molecule has 1 atom stereocenters. The van der Waals surface area contributed by atoms with Crippen molar-refractivity contribution in [1.82, 2.24) is 4.90 Å². The van der Waals surface area contributed by atoms with Crippen molar-refractivity contribution >= 4 is 6.41 Å². The zero-order chi connectivity index (χ0) is 18.7. The van der Waals surface area contributed by atoms with Crippen LogP contribution in [0.5, 0.6) is 23.0 Å². The average Bonchev–Trinajstić information content (AvgIpc) is 2.67. The van der Waals surface area contributed by atoms with Crippen molar-refractivity contribution in [2.24, 2.45) is 0 Å². The van der Waals surface area contributed by atoms with Crippen molar-refractivity contribution in [2.75, 3.05) is 27.9 Å². The van der Waals surface area contributed by atoms with Gasteiger partial charge in [-0.05, 0) is 53.8 Å². The third-order valence-electron chi connectivity index (χ3n) is 4.85. The molecule has 1 aliphatic heterocycles. The lowest BCUT2D eigenvalue weighted by Gasteiger charge is -2.35. The van der Waals surface area contributed by atoms with Gasteiger partial charge in [0.1, 0.15) is 0 Å². The van der Waals surface area contributed by atoms with Crippen molar-refractivity contribution in [2.45, 2.75) is 18.9 Å². The monoisotopic (exact) mass is 357 g/mol. The molecule has 3 rings (SSSR count). The largest absolute Gasteiger partial charge is 0.504 e. The lowest BCUT2D eigenvalue weighted by molar-refractivity contribution is -0.120. The first-order chi connectivity index (χ1) is 12.6. The van der Waals surface area contributed by atoms with E-state index in [1.165, 1.54) is 7.11 Å². The van der Waals surface area contributed by atoms with E-state index in [-0.39, 0.29) is 11.8 Å². The number of aromatic hydroxyl groups is 1. The lowest BCUT2D eigenvalue weighted by Crippen LogP contribution is -2.35. The number of amides is 1. The highest BCUT2D eigenvalue weighted by atomic mass is 16.5. The summed E-state index contributed by atoms with van der Waals surface area (Å²) in [5.74, 6) is 1.85. The van der Waals surface area contributed by atoms with Gasteiger partial charge in [-0.15, -0.1) is 0 Å². The van der Waals surface area contributed by atoms with Crippen LogP contribution < -0.4 is 14.2 Å². The highest BCUT2D eigenvalue weighted by Gasteiger charge is 2.28. The third kappa shape index (κ3) is 3.27. The van der Waals surface area contributed by atoms with Crippen molar-refractivity contribution in [3.63, 3.8) is 0 Å². The summed E-state index contributed by atoms with van der Waals surface area (Å²) < 4.78 is 15.9. The molecule has 0 saturated carbocycles. The van der Waals surface area contributed by atoms with Crippen molar-refractivity contribution in [3.05, 3.63) is 47.0 Å². The second kappa shape index (κ2) is 7.56. The van der Waals surface area contributed by atoms with Gasteiger partial charge in [0.2, 0.25) is 6.41 Å². The first-order valence-corrected chi connectivity index (χ1v) is 8.43. The van der Waals surface area contributed by atoms with E-state index in [4.69, 9.17) is 14.2 Å².